The van der Waals surface area contributed by atoms with Crippen LogP contribution >= 0.6 is 0 Å². The topological polar surface area (TPSA) is 172 Å². The first-order chi connectivity index (χ1) is 20.1. The summed E-state index contributed by atoms with van der Waals surface area (Å²) < 4.78 is 34.4. The van der Waals surface area contributed by atoms with Gasteiger partial charge in [-0.1, -0.05) is 67.6 Å². The molecule has 0 radical (unpaired) electrons. The van der Waals surface area contributed by atoms with Crippen LogP contribution in [0, 0.1) is 0 Å². The molecule has 14 heteroatoms. The number of imidazole rings is 1. The molecule has 2 aromatic heterocycles. The third kappa shape index (κ3) is 6.60. The third-order valence-electron chi connectivity index (χ3n) is 6.49. The molecule has 0 spiro atoms. The molecule has 3 N–H and O–H groups in total. The summed E-state index contributed by atoms with van der Waals surface area (Å²) in [5.41, 5.74) is 6.79. The van der Waals surface area contributed by atoms with Gasteiger partial charge in [-0.05, 0) is 24.5 Å². The minimum absolute atomic E-state index is 0.00307. The quantitative estimate of drug-likeness (QED) is 0.247. The van der Waals surface area contributed by atoms with Gasteiger partial charge in [0.2, 0.25) is 16.0 Å². The number of carbonyl (C=O) groups is 2. The van der Waals surface area contributed by atoms with Crippen molar-refractivity contribution in [1.82, 2.24) is 24.0 Å². The summed E-state index contributed by atoms with van der Waals surface area (Å²) >= 11 is 0. The van der Waals surface area contributed by atoms with Crippen molar-refractivity contribution in [3.8, 4) is 0 Å². The zero-order valence-corrected chi connectivity index (χ0v) is 24.4. The first kappa shape index (κ1) is 30.2. The average molecular weight is 596 g/mol. The molecule has 0 aliphatic carbocycles. The number of hydrogen-bond donors (Lipinski definition) is 2. The molecule has 222 valence electrons. The van der Waals surface area contributed by atoms with Gasteiger partial charge >= 0.3 is 17.7 Å². The lowest BCUT2D eigenvalue weighted by atomic mass is 10.1. The molecule has 0 saturated carbocycles. The second kappa shape index (κ2) is 12.9. The van der Waals surface area contributed by atoms with Crippen molar-refractivity contribution in [2.24, 2.45) is 0 Å². The number of esters is 1. The monoisotopic (exact) mass is 595 g/mol. The van der Waals surface area contributed by atoms with Gasteiger partial charge < -0.3 is 15.4 Å². The minimum atomic E-state index is -3.78. The lowest BCUT2D eigenvalue weighted by Crippen LogP contribution is -2.48. The van der Waals surface area contributed by atoms with Gasteiger partial charge in [-0.3, -0.25) is 9.29 Å². The number of benzene rings is 2. The van der Waals surface area contributed by atoms with E-state index in [1.54, 1.807) is 38.1 Å². The Hall–Kier alpha value is -4.72. The van der Waals surface area contributed by atoms with Crippen molar-refractivity contribution in [2.75, 3.05) is 29.9 Å². The van der Waals surface area contributed by atoms with Crippen LogP contribution in [0.5, 0.6) is 0 Å². The van der Waals surface area contributed by atoms with Crippen LogP contribution in [0.25, 0.3) is 11.2 Å². The van der Waals surface area contributed by atoms with Gasteiger partial charge in [-0.25, -0.2) is 27.4 Å². The minimum Gasteiger partial charge on any atom is -0.464 e. The van der Waals surface area contributed by atoms with Crippen molar-refractivity contribution in [3.63, 3.8) is 0 Å². The highest BCUT2D eigenvalue weighted by Gasteiger charge is 2.33. The molecule has 13 nitrogen and oxygen atoms in total. The number of nitrogens with zero attached hydrogens (tertiary/aromatic N) is 5. The Morgan fingerprint density at radius 3 is 2.24 bits per heavy atom. The van der Waals surface area contributed by atoms with Crippen molar-refractivity contribution < 1.29 is 22.7 Å². The second-order valence-electron chi connectivity index (χ2n) is 9.57. The summed E-state index contributed by atoms with van der Waals surface area (Å²) in [6, 6.07) is 16.1. The molecular weight excluding hydrogens is 562 g/mol. The number of carbonyl (C=O) groups excluding carboxylic acids is 2. The summed E-state index contributed by atoms with van der Waals surface area (Å²) in [5, 5.41) is 0. The number of fused-ring (bicyclic) bond motifs is 1. The fourth-order valence-electron chi connectivity index (χ4n) is 4.51. The van der Waals surface area contributed by atoms with E-state index in [1.807, 2.05) is 36.4 Å². The molecule has 0 fully saturated rings. The zero-order chi connectivity index (χ0) is 30.4. The zero-order valence-electron chi connectivity index (χ0n) is 23.6. The number of hydrogen-bond acceptors (Lipinski definition) is 9. The fraction of sp³-hybridized carbons (Fsp3) is 0.321. The van der Waals surface area contributed by atoms with Crippen molar-refractivity contribution in [3.05, 3.63) is 82.3 Å². The number of likely N-dealkylation sites (N-methyl/N-ethyl adjacent to an activating group) is 1. The molecule has 4 aromatic rings. The van der Waals surface area contributed by atoms with E-state index in [1.165, 1.54) is 11.6 Å². The Labute approximate surface area is 243 Å². The Morgan fingerprint density at radius 2 is 1.64 bits per heavy atom. The van der Waals surface area contributed by atoms with Crippen LogP contribution in [-0.2, 0) is 32.5 Å². The number of nitrogen functional groups attached to an aromatic ring is 1. The van der Waals surface area contributed by atoms with E-state index in [0.29, 0.717) is 6.42 Å². The first-order valence-electron chi connectivity index (χ1n) is 13.4. The number of sulfonamides is 1. The van der Waals surface area contributed by atoms with Gasteiger partial charge in [0.05, 0.1) is 18.9 Å². The van der Waals surface area contributed by atoms with Crippen LogP contribution in [-0.4, -0.2) is 69.9 Å². The van der Waals surface area contributed by atoms with Gasteiger partial charge in [-0.15, -0.1) is 0 Å². The second-order valence-corrected chi connectivity index (χ2v) is 11.4. The normalized spacial score (nSPS) is 12.2. The van der Waals surface area contributed by atoms with E-state index < -0.39 is 33.8 Å². The predicted octanol–water partition coefficient (Wildman–Crippen LogP) is 2.45. The SMILES string of the molecule is CCCS(=O)(=O)Nc1nc(N)c2c(n1)n(Cc1ccccc1)c(=O)n2C(=O)N(C)[C@@H](Cc1ccccc1)C(=O)OCC. The van der Waals surface area contributed by atoms with E-state index in [9.17, 15) is 22.8 Å². The predicted molar refractivity (Wildman–Crippen MR) is 159 cm³/mol. The number of rotatable bonds is 11. The van der Waals surface area contributed by atoms with Crippen LogP contribution in [0.3, 0.4) is 0 Å². The smallest absolute Gasteiger partial charge is 0.339 e. The van der Waals surface area contributed by atoms with E-state index in [4.69, 9.17) is 10.5 Å². The molecule has 1 amide bonds. The van der Waals surface area contributed by atoms with E-state index in [-0.39, 0.29) is 48.3 Å². The Kier molecular flexibility index (Phi) is 9.25. The Bertz CT molecular complexity index is 1740. The number of aromatic nitrogens is 4. The number of nitrogens with two attached hydrogens (primary N) is 1. The third-order valence-corrected chi connectivity index (χ3v) is 7.93. The average Bonchev–Trinajstić information content (AvgIpc) is 3.23. The van der Waals surface area contributed by atoms with Crippen LogP contribution in [0.1, 0.15) is 31.4 Å². The summed E-state index contributed by atoms with van der Waals surface area (Å²) in [4.78, 5) is 50.3. The largest absolute Gasteiger partial charge is 0.464 e. The Balaban J connectivity index is 1.85. The van der Waals surface area contributed by atoms with Gasteiger partial charge in [-0.2, -0.15) is 9.97 Å². The molecule has 2 aromatic carbocycles. The maximum Gasteiger partial charge on any atom is 0.339 e. The molecule has 0 aliphatic heterocycles. The summed E-state index contributed by atoms with van der Waals surface area (Å²) in [7, 11) is -2.39. The maximum absolute atomic E-state index is 14.0. The van der Waals surface area contributed by atoms with Crippen LogP contribution in [0.15, 0.2) is 65.5 Å². The lowest BCUT2D eigenvalue weighted by Gasteiger charge is -2.26. The van der Waals surface area contributed by atoms with Crippen LogP contribution in [0.2, 0.25) is 0 Å². The summed E-state index contributed by atoms with van der Waals surface area (Å²) in [5.74, 6) is -1.45. The van der Waals surface area contributed by atoms with Gasteiger partial charge in [0.15, 0.2) is 11.5 Å². The Morgan fingerprint density at radius 1 is 1.02 bits per heavy atom. The fourth-order valence-corrected chi connectivity index (χ4v) is 5.51. The highest BCUT2D eigenvalue weighted by atomic mass is 32.2. The molecule has 0 saturated heterocycles. The van der Waals surface area contributed by atoms with Gasteiger partial charge in [0.1, 0.15) is 11.6 Å². The van der Waals surface area contributed by atoms with E-state index >= 15 is 0 Å². The molecule has 0 aliphatic rings. The number of amides is 1. The molecule has 42 heavy (non-hydrogen) atoms. The summed E-state index contributed by atoms with van der Waals surface area (Å²) in [6.45, 7) is 3.47. The van der Waals surface area contributed by atoms with E-state index in [0.717, 1.165) is 20.6 Å². The van der Waals surface area contributed by atoms with E-state index in [2.05, 4.69) is 14.7 Å². The molecule has 0 bridgehead atoms. The highest BCUT2D eigenvalue weighted by molar-refractivity contribution is 7.92. The molecule has 2 heterocycles. The van der Waals surface area contributed by atoms with Gasteiger partial charge in [0.25, 0.3) is 0 Å². The number of ether oxygens (including phenoxy) is 1. The molecule has 4 rings (SSSR count). The number of anilines is 2. The van der Waals surface area contributed by atoms with Crippen LogP contribution in [0.4, 0.5) is 16.6 Å². The summed E-state index contributed by atoms with van der Waals surface area (Å²) in [6.07, 6.45) is 0.488. The molecular formula is C28H33N7O6S. The lowest BCUT2D eigenvalue weighted by molar-refractivity contribution is -0.148. The molecule has 0 unspecified atom stereocenters. The standard InChI is InChI=1S/C28H33N7O6S/c1-4-16-42(39,40)32-26-30-23(29)22-24(31-26)34(18-20-14-10-7-11-15-20)28(38)35(22)27(37)33(3)21(25(36)41-5-2)17-19-12-8-6-9-13-19/h6-15,21H,4-5,16-18H2,1-3H3,(H3,29,30,31,32)/t21-/m0/s1. The first-order valence-corrected chi connectivity index (χ1v) is 15.0. The van der Waals surface area contributed by atoms with Crippen molar-refractivity contribution in [1.29, 1.82) is 0 Å². The highest BCUT2D eigenvalue weighted by Crippen LogP contribution is 2.22. The number of nitrogens with one attached hydrogen (secondary N) is 1. The maximum atomic E-state index is 14.0. The van der Waals surface area contributed by atoms with Crippen molar-refractivity contribution >= 4 is 45.0 Å². The van der Waals surface area contributed by atoms with Crippen LogP contribution < -0.4 is 16.1 Å². The molecule has 1 atom stereocenters. The van der Waals surface area contributed by atoms with Crippen molar-refractivity contribution in [2.45, 2.75) is 39.3 Å². The van der Waals surface area contributed by atoms with Gasteiger partial charge in [0, 0.05) is 13.5 Å².